The van der Waals surface area contributed by atoms with Crippen LogP contribution < -0.4 is 0 Å². The average molecular weight is 186 g/mol. The monoisotopic (exact) mass is 186 g/mol. The maximum Gasteiger partial charge on any atom is 0.184 e. The highest BCUT2D eigenvalue weighted by atomic mass is 28.4. The first kappa shape index (κ1) is 11.9. The number of hydrogen-bond acceptors (Lipinski definition) is 1. The van der Waals surface area contributed by atoms with E-state index in [4.69, 9.17) is 4.43 Å². The van der Waals surface area contributed by atoms with E-state index in [0.29, 0.717) is 6.10 Å². The molecule has 0 bridgehead atoms. The van der Waals surface area contributed by atoms with E-state index in [1.807, 2.05) is 0 Å². The molecule has 0 fully saturated rings. The predicted octanol–water partition coefficient (Wildman–Crippen LogP) is 3.58. The Balaban J connectivity index is 3.60. The van der Waals surface area contributed by atoms with E-state index in [0.717, 1.165) is 12.8 Å². The van der Waals surface area contributed by atoms with Crippen molar-refractivity contribution in [3.05, 3.63) is 12.2 Å². The van der Waals surface area contributed by atoms with Crippen molar-refractivity contribution < 1.29 is 4.43 Å². The summed E-state index contributed by atoms with van der Waals surface area (Å²) >= 11 is 0. The SMILES string of the molecule is C=C(C)CC[C@@H](C)O[Si](C)(C)C. The van der Waals surface area contributed by atoms with Crippen LogP contribution in [0.3, 0.4) is 0 Å². The first-order valence-corrected chi connectivity index (χ1v) is 8.04. The Hall–Kier alpha value is -0.0831. The highest BCUT2D eigenvalue weighted by molar-refractivity contribution is 6.69. The fourth-order valence-corrected chi connectivity index (χ4v) is 2.44. The van der Waals surface area contributed by atoms with E-state index in [-0.39, 0.29) is 0 Å². The molecule has 0 aliphatic rings. The van der Waals surface area contributed by atoms with Gasteiger partial charge in [-0.1, -0.05) is 5.57 Å². The second-order valence-corrected chi connectivity index (χ2v) is 9.00. The number of allylic oxidation sites excluding steroid dienone is 1. The lowest BCUT2D eigenvalue weighted by Crippen LogP contribution is -2.30. The zero-order chi connectivity index (χ0) is 9.78. The molecule has 0 aromatic carbocycles. The smallest absolute Gasteiger partial charge is 0.184 e. The number of hydrogen-bond donors (Lipinski definition) is 0. The predicted molar refractivity (Wildman–Crippen MR) is 57.9 cm³/mol. The topological polar surface area (TPSA) is 9.23 Å². The van der Waals surface area contributed by atoms with Gasteiger partial charge in [-0.3, -0.25) is 0 Å². The summed E-state index contributed by atoms with van der Waals surface area (Å²) in [5.41, 5.74) is 1.25. The van der Waals surface area contributed by atoms with Crippen molar-refractivity contribution in [3.8, 4) is 0 Å². The van der Waals surface area contributed by atoms with Gasteiger partial charge in [0, 0.05) is 6.10 Å². The molecule has 1 atom stereocenters. The summed E-state index contributed by atoms with van der Waals surface area (Å²) in [5, 5.41) is 0. The molecule has 72 valence electrons. The summed E-state index contributed by atoms with van der Waals surface area (Å²) in [6.45, 7) is 14.8. The van der Waals surface area contributed by atoms with Crippen molar-refractivity contribution in [3.63, 3.8) is 0 Å². The molecule has 0 rings (SSSR count). The molecule has 0 aliphatic heterocycles. The molecule has 0 aromatic rings. The Labute approximate surface area is 78.0 Å². The van der Waals surface area contributed by atoms with Crippen LogP contribution in [0.1, 0.15) is 26.7 Å². The van der Waals surface area contributed by atoms with Crippen LogP contribution in [0.25, 0.3) is 0 Å². The van der Waals surface area contributed by atoms with E-state index < -0.39 is 8.32 Å². The molecule has 1 nitrogen and oxygen atoms in total. The highest BCUT2D eigenvalue weighted by Crippen LogP contribution is 2.13. The minimum atomic E-state index is -1.32. The summed E-state index contributed by atoms with van der Waals surface area (Å²) in [4.78, 5) is 0. The van der Waals surface area contributed by atoms with Gasteiger partial charge >= 0.3 is 0 Å². The summed E-state index contributed by atoms with van der Waals surface area (Å²) in [6, 6.07) is 0. The van der Waals surface area contributed by atoms with Crippen LogP contribution in [0, 0.1) is 0 Å². The third-order valence-corrected chi connectivity index (χ3v) is 2.64. The molecule has 0 spiro atoms. The molecule has 0 N–H and O–H groups in total. The van der Waals surface area contributed by atoms with Gasteiger partial charge in [0.25, 0.3) is 0 Å². The molecule has 0 heterocycles. The Morgan fingerprint density at radius 1 is 1.42 bits per heavy atom. The molecule has 0 radical (unpaired) electrons. The maximum absolute atomic E-state index is 5.89. The van der Waals surface area contributed by atoms with E-state index in [1.54, 1.807) is 0 Å². The Kier molecular flexibility index (Phi) is 4.79. The van der Waals surface area contributed by atoms with Crippen LogP contribution in [0.5, 0.6) is 0 Å². The van der Waals surface area contributed by atoms with Crippen LogP contribution in [0.15, 0.2) is 12.2 Å². The molecular weight excluding hydrogens is 164 g/mol. The van der Waals surface area contributed by atoms with Gasteiger partial charge in [0.15, 0.2) is 8.32 Å². The summed E-state index contributed by atoms with van der Waals surface area (Å²) in [7, 11) is -1.32. The van der Waals surface area contributed by atoms with Gasteiger partial charge in [-0.25, -0.2) is 0 Å². The van der Waals surface area contributed by atoms with Crippen LogP contribution in [-0.4, -0.2) is 14.4 Å². The van der Waals surface area contributed by atoms with Gasteiger partial charge in [0.1, 0.15) is 0 Å². The summed E-state index contributed by atoms with van der Waals surface area (Å²) < 4.78 is 5.89. The fraction of sp³-hybridized carbons (Fsp3) is 0.800. The Bertz CT molecular complexity index is 146. The second kappa shape index (κ2) is 4.82. The normalized spacial score (nSPS) is 14.4. The third-order valence-electron chi connectivity index (χ3n) is 1.53. The second-order valence-electron chi connectivity index (χ2n) is 4.54. The molecule has 12 heavy (non-hydrogen) atoms. The molecule has 0 aliphatic carbocycles. The lowest BCUT2D eigenvalue weighted by atomic mass is 10.1. The van der Waals surface area contributed by atoms with Crippen molar-refractivity contribution in [2.45, 2.75) is 52.4 Å². The van der Waals surface area contributed by atoms with Crippen molar-refractivity contribution in [1.29, 1.82) is 0 Å². The lowest BCUT2D eigenvalue weighted by Gasteiger charge is -2.23. The molecule has 0 saturated heterocycles. The van der Waals surface area contributed by atoms with Crippen molar-refractivity contribution >= 4 is 8.32 Å². The molecule has 2 heteroatoms. The van der Waals surface area contributed by atoms with Gasteiger partial charge in [-0.15, -0.1) is 6.58 Å². The van der Waals surface area contributed by atoms with Gasteiger partial charge in [0.05, 0.1) is 0 Å². The lowest BCUT2D eigenvalue weighted by molar-refractivity contribution is 0.204. The molecule has 0 aromatic heterocycles. The third kappa shape index (κ3) is 8.02. The van der Waals surface area contributed by atoms with E-state index >= 15 is 0 Å². The molecular formula is C10H22OSi. The maximum atomic E-state index is 5.89. The van der Waals surface area contributed by atoms with Gasteiger partial charge < -0.3 is 4.43 Å². The zero-order valence-corrected chi connectivity index (χ0v) is 10.1. The Morgan fingerprint density at radius 3 is 2.25 bits per heavy atom. The Morgan fingerprint density at radius 2 is 1.92 bits per heavy atom. The zero-order valence-electron chi connectivity index (χ0n) is 9.11. The van der Waals surface area contributed by atoms with Crippen molar-refractivity contribution in [2.75, 3.05) is 0 Å². The minimum absolute atomic E-state index is 0.397. The highest BCUT2D eigenvalue weighted by Gasteiger charge is 2.17. The standard InChI is InChI=1S/C10H22OSi/c1-9(2)7-8-10(3)11-12(4,5)6/h10H,1,7-8H2,2-6H3/t10-/m1/s1. The van der Waals surface area contributed by atoms with Crippen LogP contribution in [0.2, 0.25) is 19.6 Å². The summed E-state index contributed by atoms with van der Waals surface area (Å²) in [6.07, 6.45) is 2.60. The first-order valence-electron chi connectivity index (χ1n) is 4.63. The van der Waals surface area contributed by atoms with Crippen molar-refractivity contribution in [1.82, 2.24) is 0 Å². The average Bonchev–Trinajstić information content (AvgIpc) is 1.79. The van der Waals surface area contributed by atoms with Crippen LogP contribution in [0.4, 0.5) is 0 Å². The van der Waals surface area contributed by atoms with E-state index in [9.17, 15) is 0 Å². The number of rotatable bonds is 5. The largest absolute Gasteiger partial charge is 0.415 e. The molecule has 0 unspecified atom stereocenters. The fourth-order valence-electron chi connectivity index (χ4n) is 1.11. The molecule has 0 saturated carbocycles. The van der Waals surface area contributed by atoms with Gasteiger partial charge in [-0.2, -0.15) is 0 Å². The van der Waals surface area contributed by atoms with Crippen LogP contribution in [-0.2, 0) is 4.43 Å². The summed E-state index contributed by atoms with van der Waals surface area (Å²) in [5.74, 6) is 0. The van der Waals surface area contributed by atoms with E-state index in [1.165, 1.54) is 5.57 Å². The van der Waals surface area contributed by atoms with Gasteiger partial charge in [-0.05, 0) is 46.3 Å². The van der Waals surface area contributed by atoms with E-state index in [2.05, 4.69) is 40.1 Å². The van der Waals surface area contributed by atoms with Crippen molar-refractivity contribution in [2.24, 2.45) is 0 Å². The first-order chi connectivity index (χ1) is 5.31. The minimum Gasteiger partial charge on any atom is -0.415 e. The molecule has 0 amide bonds. The quantitative estimate of drug-likeness (QED) is 0.471. The van der Waals surface area contributed by atoms with Crippen LogP contribution >= 0.6 is 0 Å². The van der Waals surface area contributed by atoms with Gasteiger partial charge in [0.2, 0.25) is 0 Å².